The largest absolute Gasteiger partial charge is 0.385 e. The predicted octanol–water partition coefficient (Wildman–Crippen LogP) is 1.09. The van der Waals surface area contributed by atoms with Crippen molar-refractivity contribution in [3.05, 3.63) is 48.3 Å². The number of nitrogens with zero attached hydrogens (tertiary/aromatic N) is 3. The molecule has 2 aromatic rings. The lowest BCUT2D eigenvalue weighted by Gasteiger charge is -2.09. The summed E-state index contributed by atoms with van der Waals surface area (Å²) in [6.45, 7) is 0. The summed E-state index contributed by atoms with van der Waals surface area (Å²) in [7, 11) is 1.87. The summed E-state index contributed by atoms with van der Waals surface area (Å²) in [4.78, 5) is 8.26. The first-order valence-electron chi connectivity index (χ1n) is 4.82. The van der Waals surface area contributed by atoms with Crippen LogP contribution in [0.1, 0.15) is 17.6 Å². The van der Waals surface area contributed by atoms with Gasteiger partial charge in [-0.2, -0.15) is 0 Å². The Hall–Kier alpha value is -1.68. The summed E-state index contributed by atoms with van der Waals surface area (Å²) < 4.78 is 1.81. The third-order valence-corrected chi connectivity index (χ3v) is 2.29. The van der Waals surface area contributed by atoms with Crippen molar-refractivity contribution in [2.75, 3.05) is 0 Å². The third kappa shape index (κ3) is 2.22. The van der Waals surface area contributed by atoms with E-state index in [1.54, 1.807) is 12.4 Å². The molecule has 0 spiro atoms. The SMILES string of the molecule is Cn1ccnc1C(O)Cc1ccccn1. The number of rotatable bonds is 3. The number of aryl methyl sites for hydroxylation is 1. The number of hydrogen-bond acceptors (Lipinski definition) is 3. The molecule has 2 heterocycles. The van der Waals surface area contributed by atoms with E-state index in [-0.39, 0.29) is 0 Å². The van der Waals surface area contributed by atoms with Crippen molar-refractivity contribution in [2.24, 2.45) is 7.05 Å². The Bertz CT molecular complexity index is 424. The van der Waals surface area contributed by atoms with E-state index in [4.69, 9.17) is 0 Å². The fourth-order valence-corrected chi connectivity index (χ4v) is 1.51. The molecule has 0 fully saturated rings. The second-order valence-electron chi connectivity index (χ2n) is 3.44. The maximum absolute atomic E-state index is 9.92. The number of imidazole rings is 1. The Morgan fingerprint density at radius 1 is 1.33 bits per heavy atom. The molecule has 0 bridgehead atoms. The topological polar surface area (TPSA) is 50.9 Å². The van der Waals surface area contributed by atoms with E-state index in [2.05, 4.69) is 9.97 Å². The van der Waals surface area contributed by atoms with Crippen LogP contribution < -0.4 is 0 Å². The van der Waals surface area contributed by atoms with Gasteiger partial charge < -0.3 is 9.67 Å². The fourth-order valence-electron chi connectivity index (χ4n) is 1.51. The van der Waals surface area contributed by atoms with Gasteiger partial charge in [-0.05, 0) is 12.1 Å². The first kappa shape index (κ1) is 9.86. The summed E-state index contributed by atoms with van der Waals surface area (Å²) in [5.74, 6) is 0.667. The highest BCUT2D eigenvalue weighted by Crippen LogP contribution is 2.14. The molecule has 1 unspecified atom stereocenters. The van der Waals surface area contributed by atoms with Crippen LogP contribution in [0, 0.1) is 0 Å². The van der Waals surface area contributed by atoms with Crippen molar-refractivity contribution < 1.29 is 5.11 Å². The van der Waals surface area contributed by atoms with Crippen molar-refractivity contribution >= 4 is 0 Å². The summed E-state index contributed by atoms with van der Waals surface area (Å²) in [6.07, 6.45) is 5.11. The molecule has 2 aromatic heterocycles. The van der Waals surface area contributed by atoms with E-state index in [9.17, 15) is 5.11 Å². The van der Waals surface area contributed by atoms with E-state index in [1.807, 2.05) is 36.0 Å². The van der Waals surface area contributed by atoms with Gasteiger partial charge in [-0.15, -0.1) is 0 Å². The maximum atomic E-state index is 9.92. The minimum Gasteiger partial charge on any atom is -0.385 e. The van der Waals surface area contributed by atoms with Gasteiger partial charge in [0, 0.05) is 37.8 Å². The molecule has 2 rings (SSSR count). The molecule has 0 saturated carbocycles. The highest BCUT2D eigenvalue weighted by atomic mass is 16.3. The first-order valence-corrected chi connectivity index (χ1v) is 4.82. The van der Waals surface area contributed by atoms with E-state index in [0.29, 0.717) is 12.2 Å². The van der Waals surface area contributed by atoms with Crippen LogP contribution >= 0.6 is 0 Å². The van der Waals surface area contributed by atoms with Gasteiger partial charge in [-0.1, -0.05) is 6.07 Å². The predicted molar refractivity (Wildman–Crippen MR) is 56.1 cm³/mol. The quantitative estimate of drug-likeness (QED) is 0.812. The molecule has 1 N–H and O–H groups in total. The molecule has 0 radical (unpaired) electrons. The number of aromatic nitrogens is 3. The average Bonchev–Trinajstić information content (AvgIpc) is 2.66. The van der Waals surface area contributed by atoms with Crippen molar-refractivity contribution in [1.82, 2.24) is 14.5 Å². The van der Waals surface area contributed by atoms with Gasteiger partial charge in [0.1, 0.15) is 11.9 Å². The molecule has 0 amide bonds. The van der Waals surface area contributed by atoms with Crippen LogP contribution in [0.2, 0.25) is 0 Å². The van der Waals surface area contributed by atoms with Gasteiger partial charge in [0.05, 0.1) is 0 Å². The van der Waals surface area contributed by atoms with Crippen LogP contribution in [0.5, 0.6) is 0 Å². The van der Waals surface area contributed by atoms with E-state index in [0.717, 1.165) is 5.69 Å². The van der Waals surface area contributed by atoms with Crippen LogP contribution in [-0.2, 0) is 13.5 Å². The third-order valence-electron chi connectivity index (χ3n) is 2.29. The van der Waals surface area contributed by atoms with Gasteiger partial charge in [0.2, 0.25) is 0 Å². The Morgan fingerprint density at radius 3 is 2.80 bits per heavy atom. The van der Waals surface area contributed by atoms with Gasteiger partial charge in [-0.3, -0.25) is 4.98 Å². The first-order chi connectivity index (χ1) is 7.27. The molecule has 4 nitrogen and oxygen atoms in total. The van der Waals surface area contributed by atoms with Gasteiger partial charge in [-0.25, -0.2) is 4.98 Å². The van der Waals surface area contributed by atoms with E-state index < -0.39 is 6.10 Å². The average molecular weight is 203 g/mol. The second kappa shape index (κ2) is 4.23. The molecule has 0 saturated heterocycles. The zero-order valence-electron chi connectivity index (χ0n) is 8.54. The van der Waals surface area contributed by atoms with Crippen molar-refractivity contribution in [1.29, 1.82) is 0 Å². The Morgan fingerprint density at radius 2 is 2.20 bits per heavy atom. The molecular formula is C11H13N3O. The smallest absolute Gasteiger partial charge is 0.137 e. The number of aliphatic hydroxyl groups excluding tert-OH is 1. The highest BCUT2D eigenvalue weighted by Gasteiger charge is 2.13. The molecule has 1 atom stereocenters. The second-order valence-corrected chi connectivity index (χ2v) is 3.44. The van der Waals surface area contributed by atoms with Crippen LogP contribution in [0.3, 0.4) is 0 Å². The van der Waals surface area contributed by atoms with Gasteiger partial charge in [0.15, 0.2) is 0 Å². The molecule has 0 aromatic carbocycles. The maximum Gasteiger partial charge on any atom is 0.137 e. The fraction of sp³-hybridized carbons (Fsp3) is 0.273. The lowest BCUT2D eigenvalue weighted by molar-refractivity contribution is 0.164. The Kier molecular flexibility index (Phi) is 2.78. The summed E-state index contributed by atoms with van der Waals surface area (Å²) in [5, 5.41) is 9.92. The van der Waals surface area contributed by atoms with Crippen LogP contribution in [0.4, 0.5) is 0 Å². The zero-order chi connectivity index (χ0) is 10.7. The molecule has 0 aliphatic heterocycles. The van der Waals surface area contributed by atoms with Crippen molar-refractivity contribution in [3.63, 3.8) is 0 Å². The highest BCUT2D eigenvalue weighted by molar-refractivity contribution is 5.07. The molecule has 78 valence electrons. The van der Waals surface area contributed by atoms with Crippen molar-refractivity contribution in [3.8, 4) is 0 Å². The summed E-state index contributed by atoms with van der Waals surface area (Å²) in [5.41, 5.74) is 0.869. The number of pyridine rings is 1. The molecule has 15 heavy (non-hydrogen) atoms. The molecule has 0 aliphatic rings. The van der Waals surface area contributed by atoms with Crippen LogP contribution in [0.15, 0.2) is 36.8 Å². The number of aliphatic hydroxyl groups is 1. The minimum absolute atomic E-state index is 0.492. The molecular weight excluding hydrogens is 190 g/mol. The van der Waals surface area contributed by atoms with Crippen LogP contribution in [-0.4, -0.2) is 19.6 Å². The van der Waals surface area contributed by atoms with Crippen molar-refractivity contribution in [2.45, 2.75) is 12.5 Å². The standard InChI is InChI=1S/C11H13N3O/c1-14-7-6-13-11(14)10(15)8-9-4-2-3-5-12-9/h2-7,10,15H,8H2,1H3. The van der Waals surface area contributed by atoms with Gasteiger partial charge in [0.25, 0.3) is 0 Å². The lowest BCUT2D eigenvalue weighted by Crippen LogP contribution is -2.09. The summed E-state index contributed by atoms with van der Waals surface area (Å²) in [6, 6.07) is 5.66. The number of hydrogen-bond donors (Lipinski definition) is 1. The molecule has 4 heteroatoms. The normalized spacial score (nSPS) is 12.7. The molecule has 0 aliphatic carbocycles. The van der Waals surface area contributed by atoms with Crippen LogP contribution in [0.25, 0.3) is 0 Å². The van der Waals surface area contributed by atoms with E-state index in [1.165, 1.54) is 0 Å². The summed E-state index contributed by atoms with van der Waals surface area (Å²) >= 11 is 0. The Labute approximate surface area is 88.2 Å². The minimum atomic E-state index is -0.597. The Balaban J connectivity index is 2.11. The zero-order valence-corrected chi connectivity index (χ0v) is 8.54. The lowest BCUT2D eigenvalue weighted by atomic mass is 10.2. The van der Waals surface area contributed by atoms with Gasteiger partial charge >= 0.3 is 0 Å². The monoisotopic (exact) mass is 203 g/mol. The van der Waals surface area contributed by atoms with E-state index >= 15 is 0 Å².